The second-order valence-electron chi connectivity index (χ2n) is 4.13. The van der Waals surface area contributed by atoms with Gasteiger partial charge >= 0.3 is 6.18 Å². The van der Waals surface area contributed by atoms with Gasteiger partial charge in [0.2, 0.25) is 0 Å². The van der Waals surface area contributed by atoms with Crippen molar-refractivity contribution in [3.05, 3.63) is 35.1 Å². The fourth-order valence-corrected chi connectivity index (χ4v) is 1.96. The van der Waals surface area contributed by atoms with E-state index in [1.807, 2.05) is 13.8 Å². The van der Waals surface area contributed by atoms with Crippen LogP contribution < -0.4 is 0 Å². The summed E-state index contributed by atoms with van der Waals surface area (Å²) >= 11 is 0. The summed E-state index contributed by atoms with van der Waals surface area (Å²) in [7, 11) is 0. The first-order valence-electron chi connectivity index (χ1n) is 5.76. The first-order chi connectivity index (χ1) is 7.90. The molecular formula is C13H16F4. The standard InChI is InChI=1S/C13H16F4/c1-3-5-9(4-2)11-8-10(13(15,16)17)6-7-12(11)14/h6-9H,3-5H2,1-2H3. The van der Waals surface area contributed by atoms with Crippen LogP contribution in [0.25, 0.3) is 0 Å². The van der Waals surface area contributed by atoms with Crippen LogP contribution in [0.4, 0.5) is 17.6 Å². The average molecular weight is 248 g/mol. The molecule has 0 radical (unpaired) electrons. The van der Waals surface area contributed by atoms with Crippen LogP contribution in [-0.4, -0.2) is 0 Å². The molecule has 1 rings (SSSR count). The van der Waals surface area contributed by atoms with Crippen LogP contribution in [0.15, 0.2) is 18.2 Å². The summed E-state index contributed by atoms with van der Waals surface area (Å²) in [5.41, 5.74) is -0.590. The number of alkyl halides is 3. The zero-order chi connectivity index (χ0) is 13.1. The normalized spacial score (nSPS) is 13.8. The number of hydrogen-bond acceptors (Lipinski definition) is 0. The van der Waals surface area contributed by atoms with Crippen molar-refractivity contribution in [2.45, 2.75) is 45.2 Å². The van der Waals surface area contributed by atoms with Gasteiger partial charge in [-0.1, -0.05) is 20.3 Å². The van der Waals surface area contributed by atoms with E-state index in [0.29, 0.717) is 12.8 Å². The first kappa shape index (κ1) is 14.0. The molecule has 4 heteroatoms. The molecule has 0 fully saturated rings. The summed E-state index contributed by atoms with van der Waals surface area (Å²) in [5, 5.41) is 0. The minimum absolute atomic E-state index is 0.137. The van der Waals surface area contributed by atoms with E-state index in [4.69, 9.17) is 0 Å². The lowest BCUT2D eigenvalue weighted by atomic mass is 9.90. The number of halogens is 4. The van der Waals surface area contributed by atoms with Gasteiger partial charge in [-0.05, 0) is 42.5 Å². The second kappa shape index (κ2) is 5.52. The predicted octanol–water partition coefficient (Wildman–Crippen LogP) is 5.14. The van der Waals surface area contributed by atoms with Crippen LogP contribution in [-0.2, 0) is 6.18 Å². The Bertz CT molecular complexity index is 368. The number of rotatable bonds is 4. The summed E-state index contributed by atoms with van der Waals surface area (Å²) in [6, 6.07) is 2.65. The largest absolute Gasteiger partial charge is 0.416 e. The van der Waals surface area contributed by atoms with Crippen LogP contribution in [0.1, 0.15) is 50.2 Å². The zero-order valence-corrected chi connectivity index (χ0v) is 9.94. The Morgan fingerprint density at radius 3 is 2.29 bits per heavy atom. The molecule has 0 heterocycles. The molecular weight excluding hydrogens is 232 g/mol. The fraction of sp³-hybridized carbons (Fsp3) is 0.538. The lowest BCUT2D eigenvalue weighted by Gasteiger charge is -2.17. The molecule has 0 N–H and O–H groups in total. The van der Waals surface area contributed by atoms with E-state index in [1.54, 1.807) is 0 Å². The minimum Gasteiger partial charge on any atom is -0.207 e. The highest BCUT2D eigenvalue weighted by atomic mass is 19.4. The van der Waals surface area contributed by atoms with Gasteiger partial charge in [0.1, 0.15) is 5.82 Å². The predicted molar refractivity (Wildman–Crippen MR) is 59.3 cm³/mol. The van der Waals surface area contributed by atoms with Crippen LogP contribution >= 0.6 is 0 Å². The van der Waals surface area contributed by atoms with Gasteiger partial charge in [-0.2, -0.15) is 13.2 Å². The lowest BCUT2D eigenvalue weighted by molar-refractivity contribution is -0.137. The molecule has 0 spiro atoms. The summed E-state index contributed by atoms with van der Waals surface area (Å²) in [4.78, 5) is 0. The minimum atomic E-state index is -4.41. The van der Waals surface area contributed by atoms with Gasteiger partial charge in [0.15, 0.2) is 0 Å². The van der Waals surface area contributed by atoms with Crippen molar-refractivity contribution in [1.82, 2.24) is 0 Å². The third kappa shape index (κ3) is 3.45. The third-order valence-electron chi connectivity index (χ3n) is 2.89. The Kier molecular flexibility index (Phi) is 4.54. The van der Waals surface area contributed by atoms with Gasteiger partial charge in [-0.15, -0.1) is 0 Å². The first-order valence-corrected chi connectivity index (χ1v) is 5.76. The maximum atomic E-state index is 13.6. The van der Waals surface area contributed by atoms with Crippen molar-refractivity contribution >= 4 is 0 Å². The molecule has 17 heavy (non-hydrogen) atoms. The van der Waals surface area contributed by atoms with E-state index in [2.05, 4.69) is 0 Å². The molecule has 0 nitrogen and oxygen atoms in total. The number of hydrogen-bond donors (Lipinski definition) is 0. The van der Waals surface area contributed by atoms with Crippen LogP contribution in [0, 0.1) is 5.82 Å². The molecule has 0 saturated heterocycles. The van der Waals surface area contributed by atoms with E-state index in [-0.39, 0.29) is 11.5 Å². The average Bonchev–Trinajstić information content (AvgIpc) is 2.25. The Labute approximate surface area is 98.6 Å². The van der Waals surface area contributed by atoms with Crippen molar-refractivity contribution in [3.63, 3.8) is 0 Å². The molecule has 1 unspecified atom stereocenters. The second-order valence-corrected chi connectivity index (χ2v) is 4.13. The summed E-state index contributed by atoms with van der Waals surface area (Å²) in [6.45, 7) is 3.80. The van der Waals surface area contributed by atoms with E-state index >= 15 is 0 Å². The maximum Gasteiger partial charge on any atom is 0.416 e. The molecule has 0 amide bonds. The van der Waals surface area contributed by atoms with Crippen molar-refractivity contribution < 1.29 is 17.6 Å². The van der Waals surface area contributed by atoms with E-state index in [9.17, 15) is 17.6 Å². The molecule has 1 atom stereocenters. The van der Waals surface area contributed by atoms with E-state index < -0.39 is 17.6 Å². The monoisotopic (exact) mass is 248 g/mol. The van der Waals surface area contributed by atoms with Gasteiger partial charge in [0.25, 0.3) is 0 Å². The van der Waals surface area contributed by atoms with Gasteiger partial charge < -0.3 is 0 Å². The molecule has 0 aliphatic carbocycles. The number of benzene rings is 1. The van der Waals surface area contributed by atoms with Gasteiger partial charge in [0.05, 0.1) is 5.56 Å². The lowest BCUT2D eigenvalue weighted by Crippen LogP contribution is -2.08. The van der Waals surface area contributed by atoms with E-state index in [1.165, 1.54) is 0 Å². The highest BCUT2D eigenvalue weighted by Gasteiger charge is 2.31. The highest BCUT2D eigenvalue weighted by molar-refractivity contribution is 5.29. The molecule has 96 valence electrons. The fourth-order valence-electron chi connectivity index (χ4n) is 1.96. The zero-order valence-electron chi connectivity index (χ0n) is 9.94. The topological polar surface area (TPSA) is 0 Å². The summed E-state index contributed by atoms with van der Waals surface area (Å²) in [6.07, 6.45) is -2.23. The Hall–Kier alpha value is -1.06. The summed E-state index contributed by atoms with van der Waals surface area (Å²) in [5.74, 6) is -0.680. The van der Waals surface area contributed by atoms with Gasteiger partial charge in [-0.25, -0.2) is 4.39 Å². The van der Waals surface area contributed by atoms with Crippen molar-refractivity contribution in [2.24, 2.45) is 0 Å². The van der Waals surface area contributed by atoms with Gasteiger partial charge in [-0.3, -0.25) is 0 Å². The maximum absolute atomic E-state index is 13.6. The Balaban J connectivity index is 3.13. The van der Waals surface area contributed by atoms with Crippen molar-refractivity contribution in [1.29, 1.82) is 0 Å². The smallest absolute Gasteiger partial charge is 0.207 e. The molecule has 0 bridgehead atoms. The van der Waals surface area contributed by atoms with Crippen molar-refractivity contribution in [2.75, 3.05) is 0 Å². The quantitative estimate of drug-likeness (QED) is 0.647. The van der Waals surface area contributed by atoms with E-state index in [0.717, 1.165) is 24.6 Å². The van der Waals surface area contributed by atoms with Crippen LogP contribution in [0.2, 0.25) is 0 Å². The summed E-state index contributed by atoms with van der Waals surface area (Å²) < 4.78 is 51.1. The Morgan fingerprint density at radius 2 is 1.82 bits per heavy atom. The molecule has 1 aromatic rings. The molecule has 0 aromatic heterocycles. The SMILES string of the molecule is CCCC(CC)c1cc(C(F)(F)F)ccc1F. The molecule has 0 aliphatic rings. The molecule has 0 saturated carbocycles. The van der Waals surface area contributed by atoms with Crippen LogP contribution in [0.3, 0.4) is 0 Å². The third-order valence-corrected chi connectivity index (χ3v) is 2.89. The van der Waals surface area contributed by atoms with Crippen molar-refractivity contribution in [3.8, 4) is 0 Å². The molecule has 0 aliphatic heterocycles. The Morgan fingerprint density at radius 1 is 1.18 bits per heavy atom. The highest BCUT2D eigenvalue weighted by Crippen LogP contribution is 2.34. The van der Waals surface area contributed by atoms with Crippen LogP contribution in [0.5, 0.6) is 0 Å². The van der Waals surface area contributed by atoms with Gasteiger partial charge in [0, 0.05) is 0 Å². The molecule has 1 aromatic carbocycles.